The smallest absolute Gasteiger partial charge is 0.245 e. The molecule has 0 bridgehead atoms. The zero-order valence-electron chi connectivity index (χ0n) is 12.5. The number of rotatable bonds is 4. The summed E-state index contributed by atoms with van der Waals surface area (Å²) in [4.78, 5) is 11.5. The number of nitrogens with zero attached hydrogens (tertiary/aromatic N) is 4. The Kier molecular flexibility index (Phi) is 5.79. The summed E-state index contributed by atoms with van der Waals surface area (Å²) in [5, 5.41) is 25.1. The first-order valence-corrected chi connectivity index (χ1v) is 6.84. The largest absolute Gasteiger partial charge is 0.355 e. The lowest BCUT2D eigenvalue weighted by molar-refractivity contribution is 0.242. The van der Waals surface area contributed by atoms with Gasteiger partial charge in [0, 0.05) is 0 Å². The van der Waals surface area contributed by atoms with E-state index in [2.05, 4.69) is 21.1 Å². The standard InChI is InChI=1S/C17H12N6O/c18-9-13-3-1-5-15(7-13)11-20-22-17(24)23-21-12-16-6-2-4-14(8-16)10-19/h1-8,11-12H,(H2,22,23,24)/b20-11+,21-12+. The number of hydrazone groups is 2. The normalized spacial score (nSPS) is 10.2. The van der Waals surface area contributed by atoms with Gasteiger partial charge in [-0.2, -0.15) is 20.7 Å². The maximum absolute atomic E-state index is 11.5. The summed E-state index contributed by atoms with van der Waals surface area (Å²) in [5.41, 5.74) is 6.88. The van der Waals surface area contributed by atoms with Gasteiger partial charge in [-0.05, 0) is 35.4 Å². The molecule has 2 amide bonds. The highest BCUT2D eigenvalue weighted by atomic mass is 16.2. The van der Waals surface area contributed by atoms with E-state index in [1.54, 1.807) is 48.5 Å². The van der Waals surface area contributed by atoms with Crippen molar-refractivity contribution in [1.29, 1.82) is 10.5 Å². The van der Waals surface area contributed by atoms with Crippen LogP contribution in [0.2, 0.25) is 0 Å². The van der Waals surface area contributed by atoms with Crippen LogP contribution in [0.4, 0.5) is 4.79 Å². The summed E-state index contributed by atoms with van der Waals surface area (Å²) in [6.45, 7) is 0. The predicted molar refractivity (Wildman–Crippen MR) is 89.2 cm³/mol. The number of nitrogens with one attached hydrogen (secondary N) is 2. The minimum absolute atomic E-state index is 0.507. The molecule has 0 saturated heterocycles. The topological polar surface area (TPSA) is 113 Å². The van der Waals surface area contributed by atoms with Gasteiger partial charge < -0.3 is 0 Å². The number of amides is 2. The fraction of sp³-hybridized carbons (Fsp3) is 0. The Morgan fingerprint density at radius 3 is 1.75 bits per heavy atom. The van der Waals surface area contributed by atoms with Gasteiger partial charge in [0.1, 0.15) is 0 Å². The van der Waals surface area contributed by atoms with Crippen molar-refractivity contribution in [3.63, 3.8) is 0 Å². The molecule has 7 nitrogen and oxygen atoms in total. The van der Waals surface area contributed by atoms with Gasteiger partial charge in [0.05, 0.1) is 35.7 Å². The molecule has 0 radical (unpaired) electrons. The molecule has 0 aromatic heterocycles. The maximum Gasteiger partial charge on any atom is 0.355 e. The maximum atomic E-state index is 11.5. The highest BCUT2D eigenvalue weighted by Gasteiger charge is 1.96. The molecule has 2 rings (SSSR count). The molecule has 0 saturated carbocycles. The first-order valence-electron chi connectivity index (χ1n) is 6.84. The molecule has 116 valence electrons. The summed E-state index contributed by atoms with van der Waals surface area (Å²) >= 11 is 0. The van der Waals surface area contributed by atoms with E-state index in [9.17, 15) is 4.79 Å². The van der Waals surface area contributed by atoms with Crippen LogP contribution in [0.25, 0.3) is 0 Å². The molecule has 24 heavy (non-hydrogen) atoms. The summed E-state index contributed by atoms with van der Waals surface area (Å²) in [6.07, 6.45) is 2.83. The molecule has 0 atom stereocenters. The van der Waals surface area contributed by atoms with E-state index < -0.39 is 6.03 Å². The van der Waals surface area contributed by atoms with Crippen molar-refractivity contribution >= 4 is 18.5 Å². The molecule has 0 aliphatic heterocycles. The molecular weight excluding hydrogens is 304 g/mol. The Morgan fingerprint density at radius 2 is 1.33 bits per heavy atom. The lowest BCUT2D eigenvalue weighted by atomic mass is 10.1. The van der Waals surface area contributed by atoms with E-state index in [-0.39, 0.29) is 0 Å². The second kappa shape index (κ2) is 8.47. The van der Waals surface area contributed by atoms with Gasteiger partial charge in [0.25, 0.3) is 0 Å². The Balaban J connectivity index is 1.85. The van der Waals surface area contributed by atoms with Crippen molar-refractivity contribution in [2.75, 3.05) is 0 Å². The Bertz CT molecular complexity index is 802. The number of hydrogen-bond acceptors (Lipinski definition) is 5. The molecule has 2 aromatic carbocycles. The SMILES string of the molecule is N#Cc1cccc(/C=N/NC(=O)N/N=C/c2cccc(C#N)c2)c1. The average Bonchev–Trinajstić information content (AvgIpc) is 2.62. The Morgan fingerprint density at radius 1 is 0.875 bits per heavy atom. The summed E-state index contributed by atoms with van der Waals surface area (Å²) in [6, 6.07) is 17.0. The summed E-state index contributed by atoms with van der Waals surface area (Å²) in [7, 11) is 0. The molecular formula is C17H12N6O. The Labute approximate surface area is 138 Å². The van der Waals surface area contributed by atoms with Crippen molar-refractivity contribution in [3.8, 4) is 12.1 Å². The fourth-order valence-corrected chi connectivity index (χ4v) is 1.73. The molecule has 0 spiro atoms. The van der Waals surface area contributed by atoms with Crippen molar-refractivity contribution in [2.24, 2.45) is 10.2 Å². The number of carbonyl (C=O) groups excluding carboxylic acids is 1. The van der Waals surface area contributed by atoms with Gasteiger partial charge in [-0.1, -0.05) is 24.3 Å². The van der Waals surface area contributed by atoms with Crippen LogP contribution < -0.4 is 10.9 Å². The third kappa shape index (κ3) is 5.10. The summed E-state index contributed by atoms with van der Waals surface area (Å²) < 4.78 is 0. The monoisotopic (exact) mass is 316 g/mol. The summed E-state index contributed by atoms with van der Waals surface area (Å²) in [5.74, 6) is 0. The third-order valence-electron chi connectivity index (χ3n) is 2.79. The molecule has 0 aliphatic carbocycles. The third-order valence-corrected chi connectivity index (χ3v) is 2.79. The molecule has 0 heterocycles. The molecule has 2 N–H and O–H groups in total. The molecule has 0 fully saturated rings. The highest BCUT2D eigenvalue weighted by molar-refractivity contribution is 5.84. The average molecular weight is 316 g/mol. The molecule has 7 heteroatoms. The minimum atomic E-state index is -0.615. The van der Waals surface area contributed by atoms with E-state index in [0.717, 1.165) is 0 Å². The van der Waals surface area contributed by atoms with E-state index in [0.29, 0.717) is 22.3 Å². The molecule has 2 aromatic rings. The predicted octanol–water partition coefficient (Wildman–Crippen LogP) is 2.10. The van der Waals surface area contributed by atoms with Gasteiger partial charge in [-0.25, -0.2) is 15.6 Å². The van der Waals surface area contributed by atoms with Crippen molar-refractivity contribution in [3.05, 3.63) is 70.8 Å². The van der Waals surface area contributed by atoms with Crippen molar-refractivity contribution in [2.45, 2.75) is 0 Å². The number of nitriles is 2. The molecule has 0 aliphatic rings. The van der Waals surface area contributed by atoms with Gasteiger partial charge in [0.2, 0.25) is 0 Å². The number of carbonyl (C=O) groups is 1. The van der Waals surface area contributed by atoms with E-state index in [4.69, 9.17) is 10.5 Å². The van der Waals surface area contributed by atoms with Crippen molar-refractivity contribution < 1.29 is 4.79 Å². The quantitative estimate of drug-likeness (QED) is 0.665. The lowest BCUT2D eigenvalue weighted by Gasteiger charge is -1.98. The van der Waals surface area contributed by atoms with Gasteiger partial charge >= 0.3 is 6.03 Å². The van der Waals surface area contributed by atoms with Crippen LogP contribution in [-0.4, -0.2) is 18.5 Å². The van der Waals surface area contributed by atoms with Crippen LogP contribution in [0.3, 0.4) is 0 Å². The van der Waals surface area contributed by atoms with Gasteiger partial charge in [0.15, 0.2) is 0 Å². The second-order valence-electron chi connectivity index (χ2n) is 4.54. The van der Waals surface area contributed by atoms with Crippen LogP contribution in [0.15, 0.2) is 58.7 Å². The van der Waals surface area contributed by atoms with Gasteiger partial charge in [-0.3, -0.25) is 0 Å². The van der Waals surface area contributed by atoms with Crippen LogP contribution >= 0.6 is 0 Å². The fourth-order valence-electron chi connectivity index (χ4n) is 1.73. The first kappa shape index (κ1) is 16.4. The Hall–Kier alpha value is -3.97. The first-order chi connectivity index (χ1) is 11.7. The number of benzene rings is 2. The van der Waals surface area contributed by atoms with E-state index in [1.165, 1.54) is 12.4 Å². The van der Waals surface area contributed by atoms with Crippen LogP contribution in [-0.2, 0) is 0 Å². The number of hydrogen-bond donors (Lipinski definition) is 2. The van der Waals surface area contributed by atoms with Crippen LogP contribution in [0.1, 0.15) is 22.3 Å². The van der Waals surface area contributed by atoms with Crippen molar-refractivity contribution in [1.82, 2.24) is 10.9 Å². The zero-order valence-corrected chi connectivity index (χ0v) is 12.5. The number of urea groups is 1. The molecule has 0 unspecified atom stereocenters. The highest BCUT2D eigenvalue weighted by Crippen LogP contribution is 2.01. The second-order valence-corrected chi connectivity index (χ2v) is 4.54. The van der Waals surface area contributed by atoms with E-state index in [1.807, 2.05) is 12.1 Å². The van der Waals surface area contributed by atoms with Crippen LogP contribution in [0, 0.1) is 22.7 Å². The van der Waals surface area contributed by atoms with Crippen LogP contribution in [0.5, 0.6) is 0 Å². The van der Waals surface area contributed by atoms with E-state index >= 15 is 0 Å². The minimum Gasteiger partial charge on any atom is -0.245 e. The zero-order chi connectivity index (χ0) is 17.2. The lowest BCUT2D eigenvalue weighted by Crippen LogP contribution is -2.28. The van der Waals surface area contributed by atoms with Gasteiger partial charge in [-0.15, -0.1) is 0 Å².